The molecule has 0 aliphatic carbocycles. The number of carbonyl (C=O) groups is 2. The summed E-state index contributed by atoms with van der Waals surface area (Å²) >= 11 is 1.16. The summed E-state index contributed by atoms with van der Waals surface area (Å²) < 4.78 is 18.1. The minimum atomic E-state index is -0.840. The number of hydrogen-bond donors (Lipinski definition) is 0. The molecule has 9 nitrogen and oxygen atoms in total. The second-order valence-corrected chi connectivity index (χ2v) is 10.4. The van der Waals surface area contributed by atoms with E-state index >= 15 is 0 Å². The maximum absolute atomic E-state index is 14.3. The van der Waals surface area contributed by atoms with E-state index in [9.17, 15) is 14.4 Å². The predicted molar refractivity (Wildman–Crippen MR) is 153 cm³/mol. The van der Waals surface area contributed by atoms with Crippen LogP contribution in [0.4, 0.5) is 5.69 Å². The van der Waals surface area contributed by atoms with E-state index in [1.165, 1.54) is 18.8 Å². The summed E-state index contributed by atoms with van der Waals surface area (Å²) in [6.07, 6.45) is 1.78. The highest BCUT2D eigenvalue weighted by Crippen LogP contribution is 2.37. The van der Waals surface area contributed by atoms with Crippen LogP contribution in [-0.4, -0.2) is 43.8 Å². The van der Waals surface area contributed by atoms with Crippen molar-refractivity contribution in [3.8, 4) is 11.5 Å². The molecule has 3 heterocycles. The molecule has 0 spiro atoms. The van der Waals surface area contributed by atoms with Crippen LogP contribution in [-0.2, 0) is 14.3 Å². The fraction of sp³-hybridized carbons (Fsp3) is 0.333. The lowest BCUT2D eigenvalue weighted by molar-refractivity contribution is -0.139. The minimum absolute atomic E-state index is 0.168. The first-order chi connectivity index (χ1) is 19.4. The van der Waals surface area contributed by atoms with E-state index in [-0.39, 0.29) is 18.1 Å². The van der Waals surface area contributed by atoms with Gasteiger partial charge < -0.3 is 19.1 Å². The minimum Gasteiger partial charge on any atom is -0.493 e. The van der Waals surface area contributed by atoms with Gasteiger partial charge in [0.15, 0.2) is 16.3 Å². The van der Waals surface area contributed by atoms with E-state index in [1.54, 1.807) is 36.9 Å². The van der Waals surface area contributed by atoms with Gasteiger partial charge in [0.1, 0.15) is 4.53 Å². The number of unbranched alkanes of at least 4 members (excludes halogenated alkanes) is 1. The second-order valence-electron chi connectivity index (χ2n) is 9.44. The van der Waals surface area contributed by atoms with Gasteiger partial charge in [0.25, 0.3) is 11.5 Å². The molecule has 0 saturated heterocycles. The summed E-state index contributed by atoms with van der Waals surface area (Å²) in [5.74, 6) is 0.201. The molecule has 40 heavy (non-hydrogen) atoms. The standard InChI is InChI=1S/C30H31N3O6S/c1-6-8-15-32-20-12-10-9-11-19(20)24(27(32)34)26-28(35)33-25(18-13-14-21(37-4)22(16-18)38-5)23(29(36)39-7-2)17(3)31-30(33)40-26/h9-14,16,25H,6-8,15H2,1-5H3/b26-24+/t25-/m0/s1. The third kappa shape index (κ3) is 4.42. The molecule has 0 radical (unpaired) electrons. The van der Waals surface area contributed by atoms with E-state index in [2.05, 4.69) is 11.9 Å². The highest BCUT2D eigenvalue weighted by atomic mass is 32.1. The largest absolute Gasteiger partial charge is 0.493 e. The molecule has 1 aromatic heterocycles. The number of carbonyl (C=O) groups excluding carboxylic acids is 2. The second kappa shape index (κ2) is 11.1. The molecule has 2 aliphatic rings. The molecule has 1 atom stereocenters. The van der Waals surface area contributed by atoms with E-state index in [4.69, 9.17) is 14.2 Å². The van der Waals surface area contributed by atoms with Crippen molar-refractivity contribution in [2.45, 2.75) is 39.7 Å². The predicted octanol–water partition coefficient (Wildman–Crippen LogP) is 3.33. The molecule has 0 fully saturated rings. The average Bonchev–Trinajstić information content (AvgIpc) is 3.42. The van der Waals surface area contributed by atoms with Gasteiger partial charge in [-0.1, -0.05) is 48.9 Å². The average molecular weight is 562 g/mol. The molecular weight excluding hydrogens is 530 g/mol. The first kappa shape index (κ1) is 27.4. The fourth-order valence-corrected chi connectivity index (χ4v) is 6.35. The summed E-state index contributed by atoms with van der Waals surface area (Å²) in [5.41, 5.74) is 2.79. The summed E-state index contributed by atoms with van der Waals surface area (Å²) in [5, 5.41) is 0. The van der Waals surface area contributed by atoms with Gasteiger partial charge in [0, 0.05) is 12.1 Å². The number of hydrogen-bond acceptors (Lipinski definition) is 8. The SMILES string of the molecule is CCCCN1C(=O)/C(=c2/sc3n(c2=O)[C@@H](c2ccc(OC)c(OC)c2)C(C(=O)OCC)=C(C)N=3)c2ccccc21. The Kier molecular flexibility index (Phi) is 7.62. The third-order valence-electron chi connectivity index (χ3n) is 7.10. The number of thiazole rings is 1. The number of esters is 1. The van der Waals surface area contributed by atoms with Crippen molar-refractivity contribution in [1.29, 1.82) is 0 Å². The lowest BCUT2D eigenvalue weighted by Crippen LogP contribution is -2.41. The van der Waals surface area contributed by atoms with Gasteiger partial charge in [-0.3, -0.25) is 14.2 Å². The van der Waals surface area contributed by atoms with E-state index in [1.807, 2.05) is 24.3 Å². The molecule has 10 heteroatoms. The van der Waals surface area contributed by atoms with Crippen LogP contribution in [0.1, 0.15) is 50.8 Å². The quantitative estimate of drug-likeness (QED) is 0.391. The van der Waals surface area contributed by atoms with Crippen molar-refractivity contribution in [3.05, 3.63) is 84.5 Å². The van der Waals surface area contributed by atoms with Crippen molar-refractivity contribution in [3.63, 3.8) is 0 Å². The van der Waals surface area contributed by atoms with E-state index < -0.39 is 17.6 Å². The van der Waals surface area contributed by atoms with Crippen LogP contribution in [0.3, 0.4) is 0 Å². The number of fused-ring (bicyclic) bond motifs is 2. The number of benzene rings is 2. The number of nitrogens with zero attached hydrogens (tertiary/aromatic N) is 3. The molecule has 0 saturated carbocycles. The van der Waals surface area contributed by atoms with Crippen LogP contribution in [0.2, 0.25) is 0 Å². The van der Waals surface area contributed by atoms with Crippen LogP contribution in [0, 0.1) is 0 Å². The monoisotopic (exact) mass is 561 g/mol. The molecule has 3 aromatic rings. The maximum Gasteiger partial charge on any atom is 0.338 e. The van der Waals surface area contributed by atoms with E-state index in [0.717, 1.165) is 35.4 Å². The van der Waals surface area contributed by atoms with Crippen LogP contribution < -0.4 is 29.3 Å². The van der Waals surface area contributed by atoms with Gasteiger partial charge in [-0.15, -0.1) is 0 Å². The Morgan fingerprint density at radius 2 is 1.80 bits per heavy atom. The molecule has 5 rings (SSSR count). The maximum atomic E-state index is 14.3. The number of aromatic nitrogens is 1. The van der Waals surface area contributed by atoms with Crippen LogP contribution in [0.15, 0.2) is 63.5 Å². The highest BCUT2D eigenvalue weighted by molar-refractivity contribution is 7.07. The third-order valence-corrected chi connectivity index (χ3v) is 8.15. The van der Waals surface area contributed by atoms with Crippen LogP contribution >= 0.6 is 11.3 Å². The van der Waals surface area contributed by atoms with Gasteiger partial charge in [0.2, 0.25) is 0 Å². The topological polar surface area (TPSA) is 99.4 Å². The van der Waals surface area contributed by atoms with Crippen molar-refractivity contribution in [1.82, 2.24) is 4.57 Å². The number of para-hydroxylation sites is 1. The zero-order valence-corrected chi connectivity index (χ0v) is 24.0. The molecule has 1 amide bonds. The summed E-state index contributed by atoms with van der Waals surface area (Å²) in [4.78, 5) is 48.1. The van der Waals surface area contributed by atoms with Crippen molar-refractivity contribution in [2.24, 2.45) is 4.99 Å². The molecule has 208 valence electrons. The molecule has 0 bridgehead atoms. The van der Waals surface area contributed by atoms with Crippen molar-refractivity contribution < 1.29 is 23.8 Å². The fourth-order valence-electron chi connectivity index (χ4n) is 5.22. The molecule has 0 unspecified atom stereocenters. The zero-order chi connectivity index (χ0) is 28.6. The summed E-state index contributed by atoms with van der Waals surface area (Å²) in [6.45, 7) is 6.26. The Labute approximate surface area is 235 Å². The Balaban J connectivity index is 1.79. The zero-order valence-electron chi connectivity index (χ0n) is 23.1. The first-order valence-electron chi connectivity index (χ1n) is 13.2. The Bertz CT molecular complexity index is 1720. The van der Waals surface area contributed by atoms with Gasteiger partial charge in [-0.2, -0.15) is 0 Å². The number of ether oxygens (including phenoxy) is 3. The van der Waals surface area contributed by atoms with Gasteiger partial charge >= 0.3 is 5.97 Å². The van der Waals surface area contributed by atoms with Crippen molar-refractivity contribution in [2.75, 3.05) is 32.3 Å². The number of amides is 1. The summed E-state index contributed by atoms with van der Waals surface area (Å²) in [6, 6.07) is 11.9. The number of allylic oxidation sites excluding steroid dienone is 1. The van der Waals surface area contributed by atoms with Crippen LogP contribution in [0.25, 0.3) is 5.57 Å². The molecule has 2 aliphatic heterocycles. The number of methoxy groups -OCH3 is 2. The first-order valence-corrected chi connectivity index (χ1v) is 14.0. The summed E-state index contributed by atoms with van der Waals surface area (Å²) in [7, 11) is 3.06. The number of rotatable bonds is 8. The lowest BCUT2D eigenvalue weighted by atomic mass is 9.95. The molecule has 0 N–H and O–H groups in total. The Morgan fingerprint density at radius 3 is 2.50 bits per heavy atom. The van der Waals surface area contributed by atoms with Crippen LogP contribution in [0.5, 0.6) is 11.5 Å². The van der Waals surface area contributed by atoms with Gasteiger partial charge in [0.05, 0.1) is 49.4 Å². The van der Waals surface area contributed by atoms with Crippen molar-refractivity contribution >= 4 is 34.5 Å². The molecular formula is C30H31N3O6S. The Morgan fingerprint density at radius 1 is 1.05 bits per heavy atom. The van der Waals surface area contributed by atoms with Gasteiger partial charge in [-0.05, 0) is 44.0 Å². The lowest BCUT2D eigenvalue weighted by Gasteiger charge is -2.25. The number of anilines is 1. The Hall–Kier alpha value is -4.18. The van der Waals surface area contributed by atoms with Gasteiger partial charge in [-0.25, -0.2) is 9.79 Å². The molecule has 2 aromatic carbocycles. The van der Waals surface area contributed by atoms with E-state index in [0.29, 0.717) is 44.2 Å². The normalized spacial score (nSPS) is 17.4. The smallest absolute Gasteiger partial charge is 0.338 e. The highest BCUT2D eigenvalue weighted by Gasteiger charge is 2.37.